The number of ketones is 1. The molecule has 0 N–H and O–H groups in total. The van der Waals surface area contributed by atoms with Gasteiger partial charge >= 0.3 is 6.03 Å². The lowest BCUT2D eigenvalue weighted by molar-refractivity contribution is -0.128. The van der Waals surface area contributed by atoms with Crippen molar-refractivity contribution >= 4 is 41.3 Å². The highest BCUT2D eigenvalue weighted by Crippen LogP contribution is 2.39. The van der Waals surface area contributed by atoms with Crippen molar-refractivity contribution in [1.29, 1.82) is 0 Å². The summed E-state index contributed by atoms with van der Waals surface area (Å²) in [6.07, 6.45) is 4.83. The number of benzene rings is 1. The van der Waals surface area contributed by atoms with Crippen LogP contribution >= 0.6 is 11.6 Å². The molecule has 0 spiro atoms. The van der Waals surface area contributed by atoms with Gasteiger partial charge in [0, 0.05) is 49.6 Å². The van der Waals surface area contributed by atoms with Gasteiger partial charge in [0.1, 0.15) is 6.29 Å². The Morgan fingerprint density at radius 1 is 1.12 bits per heavy atom. The Labute approximate surface area is 192 Å². The number of halogens is 1. The molecule has 1 unspecified atom stereocenters. The van der Waals surface area contributed by atoms with E-state index in [0.29, 0.717) is 29.7 Å². The van der Waals surface area contributed by atoms with Crippen LogP contribution in [0.15, 0.2) is 64.4 Å². The van der Waals surface area contributed by atoms with Crippen LogP contribution in [0, 0.1) is 5.92 Å². The number of fused-ring (bicyclic) bond motifs is 1. The second-order valence-corrected chi connectivity index (χ2v) is 8.41. The average molecular weight is 456 g/mol. The number of hydrogen-bond donors (Lipinski definition) is 0. The SMILES string of the molecule is CN1CC(=O)C2CCC(=CN(C)c3ccccc3)C(Cl)=C2C=C(C=O)CC(=O)N(C)C1=O. The summed E-state index contributed by atoms with van der Waals surface area (Å²) in [6.45, 7) is -0.151. The van der Waals surface area contributed by atoms with Gasteiger partial charge in [0.2, 0.25) is 5.91 Å². The Morgan fingerprint density at radius 3 is 2.47 bits per heavy atom. The monoisotopic (exact) mass is 455 g/mol. The maximum atomic E-state index is 13.1. The van der Waals surface area contributed by atoms with Crippen LogP contribution in [0.1, 0.15) is 19.3 Å². The van der Waals surface area contributed by atoms with Gasteiger partial charge in [0.05, 0.1) is 13.0 Å². The molecule has 1 atom stereocenters. The largest absolute Gasteiger partial charge is 0.351 e. The van der Waals surface area contributed by atoms with Crippen LogP contribution in [0.2, 0.25) is 0 Å². The molecule has 7 nitrogen and oxygen atoms in total. The molecule has 32 heavy (non-hydrogen) atoms. The van der Waals surface area contributed by atoms with Crippen LogP contribution in [0.4, 0.5) is 10.5 Å². The number of amides is 3. The summed E-state index contributed by atoms with van der Waals surface area (Å²) in [5.74, 6) is -1.28. The molecule has 8 heteroatoms. The minimum Gasteiger partial charge on any atom is -0.351 e. The van der Waals surface area contributed by atoms with E-state index in [1.807, 2.05) is 48.5 Å². The number of nitrogens with zero attached hydrogens (tertiary/aromatic N) is 3. The normalized spacial score (nSPS) is 21.9. The van der Waals surface area contributed by atoms with E-state index in [4.69, 9.17) is 11.6 Å². The second-order valence-electron chi connectivity index (χ2n) is 8.03. The van der Waals surface area contributed by atoms with E-state index in [0.717, 1.165) is 16.2 Å². The van der Waals surface area contributed by atoms with Gasteiger partial charge in [-0.2, -0.15) is 0 Å². The van der Waals surface area contributed by atoms with Crippen molar-refractivity contribution in [1.82, 2.24) is 9.80 Å². The van der Waals surface area contributed by atoms with Crippen LogP contribution in [0.3, 0.4) is 0 Å². The van der Waals surface area contributed by atoms with E-state index in [2.05, 4.69) is 0 Å². The number of urea groups is 1. The Bertz CT molecular complexity index is 1030. The molecule has 1 heterocycles. The summed E-state index contributed by atoms with van der Waals surface area (Å²) < 4.78 is 0. The van der Waals surface area contributed by atoms with E-state index in [1.165, 1.54) is 25.1 Å². The first-order valence-electron chi connectivity index (χ1n) is 10.3. The minimum atomic E-state index is -0.590. The number of allylic oxidation sites excluding steroid dienone is 4. The zero-order chi connectivity index (χ0) is 23.4. The van der Waals surface area contributed by atoms with Gasteiger partial charge in [-0.1, -0.05) is 29.8 Å². The summed E-state index contributed by atoms with van der Waals surface area (Å²) in [4.78, 5) is 53.8. The van der Waals surface area contributed by atoms with Crippen molar-refractivity contribution in [3.63, 3.8) is 0 Å². The topological polar surface area (TPSA) is 78.0 Å². The van der Waals surface area contributed by atoms with Gasteiger partial charge in [-0.15, -0.1) is 0 Å². The van der Waals surface area contributed by atoms with E-state index < -0.39 is 17.9 Å². The summed E-state index contributed by atoms with van der Waals surface area (Å²) in [6, 6.07) is 9.17. The van der Waals surface area contributed by atoms with Crippen molar-refractivity contribution in [2.45, 2.75) is 19.3 Å². The van der Waals surface area contributed by atoms with Crippen LogP contribution in [0.5, 0.6) is 0 Å². The zero-order valence-electron chi connectivity index (χ0n) is 18.4. The van der Waals surface area contributed by atoms with Crippen LogP contribution in [-0.2, 0) is 14.4 Å². The van der Waals surface area contributed by atoms with Crippen LogP contribution < -0.4 is 4.90 Å². The fourth-order valence-corrected chi connectivity index (χ4v) is 4.22. The van der Waals surface area contributed by atoms with Crippen molar-refractivity contribution in [3.8, 4) is 0 Å². The number of carbonyl (C=O) groups is 4. The van der Waals surface area contributed by atoms with Gasteiger partial charge in [0.25, 0.3) is 0 Å². The van der Waals surface area contributed by atoms with Gasteiger partial charge in [-0.3, -0.25) is 19.3 Å². The van der Waals surface area contributed by atoms with E-state index >= 15 is 0 Å². The maximum absolute atomic E-state index is 13.1. The number of aldehydes is 1. The molecule has 0 saturated heterocycles. The fourth-order valence-electron chi connectivity index (χ4n) is 3.89. The second kappa shape index (κ2) is 9.96. The molecule has 0 saturated carbocycles. The van der Waals surface area contributed by atoms with Gasteiger partial charge in [-0.25, -0.2) is 4.79 Å². The number of likely N-dealkylation sites (N-methyl/N-ethyl adjacent to an activating group) is 1. The lowest BCUT2D eigenvalue weighted by Crippen LogP contribution is -2.45. The number of para-hydroxylation sites is 1. The predicted octanol–water partition coefficient (Wildman–Crippen LogP) is 3.52. The molecule has 0 aromatic heterocycles. The summed E-state index contributed by atoms with van der Waals surface area (Å²) in [7, 11) is 4.73. The highest BCUT2D eigenvalue weighted by molar-refractivity contribution is 6.33. The maximum Gasteiger partial charge on any atom is 0.326 e. The predicted molar refractivity (Wildman–Crippen MR) is 123 cm³/mol. The van der Waals surface area contributed by atoms with Crippen molar-refractivity contribution in [2.24, 2.45) is 5.92 Å². The average Bonchev–Trinajstić information content (AvgIpc) is 2.80. The van der Waals surface area contributed by atoms with Gasteiger partial charge in [-0.05, 0) is 42.2 Å². The first-order chi connectivity index (χ1) is 15.2. The first kappa shape index (κ1) is 23.5. The first-order valence-corrected chi connectivity index (χ1v) is 10.7. The molecule has 1 aromatic rings. The third kappa shape index (κ3) is 4.99. The highest BCUT2D eigenvalue weighted by atomic mass is 35.5. The molecule has 3 amide bonds. The summed E-state index contributed by atoms with van der Waals surface area (Å²) in [5.41, 5.74) is 2.49. The number of hydrogen-bond acceptors (Lipinski definition) is 5. The standard InChI is InChI=1S/C24H26ClN3O4/c1-26(18-7-5-4-6-8-18)13-17-9-10-19-20(23(17)25)11-16(15-29)12-22(31)28(3)24(32)27(2)14-21(19)30/h4-8,11,13,15,19H,9-10,12,14H2,1-3H3. The Hall–Kier alpha value is -3.19. The summed E-state index contributed by atoms with van der Waals surface area (Å²) >= 11 is 6.76. The number of carbonyl (C=O) groups excluding carboxylic acids is 4. The highest BCUT2D eigenvalue weighted by Gasteiger charge is 2.33. The zero-order valence-corrected chi connectivity index (χ0v) is 19.1. The van der Waals surface area contributed by atoms with E-state index in [1.54, 1.807) is 0 Å². The molecule has 1 aromatic carbocycles. The molecule has 1 aliphatic heterocycles. The lowest BCUT2D eigenvalue weighted by Gasteiger charge is -2.28. The number of Topliss-reactive ketones (excluding diaryl/α,β-unsaturated/α-hetero) is 1. The molecule has 1 aliphatic carbocycles. The van der Waals surface area contributed by atoms with Gasteiger partial charge < -0.3 is 9.80 Å². The van der Waals surface area contributed by atoms with E-state index in [9.17, 15) is 19.2 Å². The Morgan fingerprint density at radius 2 is 1.81 bits per heavy atom. The Kier molecular flexibility index (Phi) is 7.30. The molecular weight excluding hydrogens is 430 g/mol. The summed E-state index contributed by atoms with van der Waals surface area (Å²) in [5, 5.41) is 0.394. The van der Waals surface area contributed by atoms with Gasteiger partial charge in [0.15, 0.2) is 5.78 Å². The molecule has 2 aliphatic rings. The van der Waals surface area contributed by atoms with Crippen molar-refractivity contribution in [2.75, 3.05) is 32.6 Å². The number of rotatable bonds is 3. The number of anilines is 1. The van der Waals surface area contributed by atoms with Crippen LogP contribution in [-0.4, -0.2) is 61.5 Å². The Balaban J connectivity index is 2.07. The van der Waals surface area contributed by atoms with E-state index in [-0.39, 0.29) is 24.3 Å². The molecule has 0 radical (unpaired) electrons. The molecule has 3 rings (SSSR count). The third-order valence-corrected chi connectivity index (χ3v) is 6.20. The molecule has 0 bridgehead atoms. The molecule has 0 fully saturated rings. The molecular formula is C24H26ClN3O4. The minimum absolute atomic E-state index is 0.151. The third-order valence-electron chi connectivity index (χ3n) is 5.74. The smallest absolute Gasteiger partial charge is 0.326 e. The van der Waals surface area contributed by atoms with Crippen molar-refractivity contribution in [3.05, 3.63) is 64.4 Å². The lowest BCUT2D eigenvalue weighted by atomic mass is 9.81. The van der Waals surface area contributed by atoms with Crippen LogP contribution in [0.25, 0.3) is 0 Å². The molecule has 168 valence electrons. The number of imide groups is 1. The van der Waals surface area contributed by atoms with Crippen molar-refractivity contribution < 1.29 is 19.2 Å². The quantitative estimate of drug-likeness (QED) is 0.652. The fraction of sp³-hybridized carbons (Fsp3) is 0.333.